The van der Waals surface area contributed by atoms with Gasteiger partial charge in [-0.05, 0) is 30.5 Å². The van der Waals surface area contributed by atoms with Gasteiger partial charge in [0, 0.05) is 23.3 Å². The molecule has 0 saturated heterocycles. The fraction of sp³-hybridized carbons (Fsp3) is 0.565. The first-order valence-corrected chi connectivity index (χ1v) is 11.4. The predicted molar refractivity (Wildman–Crippen MR) is 117 cm³/mol. The minimum Gasteiger partial charge on any atom is -0.386 e. The van der Waals surface area contributed by atoms with Crippen LogP contribution in [0.4, 0.5) is 0 Å². The predicted octanol–water partition coefficient (Wildman–Crippen LogP) is 5.74. The molecule has 0 spiro atoms. The number of rotatable bonds is 5. The van der Waals surface area contributed by atoms with E-state index in [1.807, 2.05) is 30.3 Å². The summed E-state index contributed by atoms with van der Waals surface area (Å²) in [6, 6.07) is 10.2. The third-order valence-corrected chi connectivity index (χ3v) is 5.74. The summed E-state index contributed by atoms with van der Waals surface area (Å²) in [7, 11) is 0. The molecule has 0 aliphatic heterocycles. The highest BCUT2D eigenvalue weighted by Gasteiger charge is 2.16. The topological polar surface area (TPSA) is 64.9 Å². The molecule has 1 amide bonds. The monoisotopic (exact) mass is 445 g/mol. The Labute approximate surface area is 177 Å². The van der Waals surface area contributed by atoms with E-state index in [0.717, 1.165) is 35.7 Å². The van der Waals surface area contributed by atoms with E-state index >= 15 is 0 Å². The van der Waals surface area contributed by atoms with Crippen molar-refractivity contribution >= 4 is 21.8 Å². The van der Waals surface area contributed by atoms with Crippen LogP contribution >= 0.6 is 15.9 Å². The summed E-state index contributed by atoms with van der Waals surface area (Å²) in [6.07, 6.45) is 15.0. The van der Waals surface area contributed by atoms with Gasteiger partial charge in [-0.2, -0.15) is 5.26 Å². The van der Waals surface area contributed by atoms with Crippen molar-refractivity contribution in [1.82, 2.24) is 10.6 Å². The van der Waals surface area contributed by atoms with Crippen molar-refractivity contribution in [2.24, 2.45) is 0 Å². The Balaban J connectivity index is 1.86. The van der Waals surface area contributed by atoms with Gasteiger partial charge in [0.15, 0.2) is 0 Å². The second kappa shape index (κ2) is 13.4. The third kappa shape index (κ3) is 8.93. The molecule has 1 aromatic rings. The molecule has 0 unspecified atom stereocenters. The summed E-state index contributed by atoms with van der Waals surface area (Å²) in [5.41, 5.74) is 1.23. The van der Waals surface area contributed by atoms with Crippen LogP contribution < -0.4 is 10.6 Å². The molecule has 1 saturated carbocycles. The number of carbonyl (C=O) groups excluding carboxylic acids is 1. The van der Waals surface area contributed by atoms with Crippen LogP contribution in [0.1, 0.15) is 76.2 Å². The summed E-state index contributed by atoms with van der Waals surface area (Å²) in [5.74, 6) is -0.263. The van der Waals surface area contributed by atoms with Gasteiger partial charge in [0.05, 0.1) is 0 Å². The maximum Gasteiger partial charge on any atom is 0.263 e. The number of carbonyl (C=O) groups is 1. The molecule has 1 aromatic carbocycles. The van der Waals surface area contributed by atoms with Crippen LogP contribution in [0.2, 0.25) is 0 Å². The van der Waals surface area contributed by atoms with E-state index in [1.165, 1.54) is 51.1 Å². The Kier molecular flexibility index (Phi) is 10.8. The van der Waals surface area contributed by atoms with Crippen molar-refractivity contribution in [3.05, 3.63) is 46.1 Å². The van der Waals surface area contributed by atoms with Crippen molar-refractivity contribution in [1.29, 1.82) is 5.26 Å². The van der Waals surface area contributed by atoms with E-state index in [1.54, 1.807) is 0 Å². The fourth-order valence-corrected chi connectivity index (χ4v) is 4.08. The number of hydrogen-bond acceptors (Lipinski definition) is 3. The smallest absolute Gasteiger partial charge is 0.263 e. The minimum atomic E-state index is -0.263. The molecule has 28 heavy (non-hydrogen) atoms. The molecule has 1 fully saturated rings. The summed E-state index contributed by atoms with van der Waals surface area (Å²) in [6.45, 7) is 0.571. The van der Waals surface area contributed by atoms with Crippen LogP contribution in [0, 0.1) is 11.3 Å². The molecule has 0 radical (unpaired) electrons. The van der Waals surface area contributed by atoms with Crippen LogP contribution in [-0.2, 0) is 11.3 Å². The highest BCUT2D eigenvalue weighted by atomic mass is 79.9. The SMILES string of the molecule is N#C/C(=C/NCc1cccc(Br)c1)C(=O)NC1CCCCCCCCCCC1. The molecule has 0 bridgehead atoms. The average molecular weight is 446 g/mol. The summed E-state index contributed by atoms with van der Waals surface area (Å²) < 4.78 is 1.01. The minimum absolute atomic E-state index is 0.140. The first kappa shape index (κ1) is 22.5. The number of halogens is 1. The second-order valence-electron chi connectivity index (χ2n) is 7.61. The van der Waals surface area contributed by atoms with Gasteiger partial charge in [-0.3, -0.25) is 4.79 Å². The second-order valence-corrected chi connectivity index (χ2v) is 8.53. The Hall–Kier alpha value is -1.80. The zero-order valence-electron chi connectivity index (χ0n) is 16.7. The standard InChI is InChI=1S/C23H32BrN3O/c24-21-12-10-11-19(15-21)17-26-18-20(16-25)23(28)27-22-13-8-6-4-2-1-3-5-7-9-14-22/h10-12,15,18,22,26H,1-9,13-14,17H2,(H,27,28)/b20-18-. The van der Waals surface area contributed by atoms with Crippen LogP contribution in [0.3, 0.4) is 0 Å². The summed E-state index contributed by atoms with van der Waals surface area (Å²) >= 11 is 3.45. The molecule has 2 rings (SSSR count). The first-order valence-electron chi connectivity index (χ1n) is 10.6. The van der Waals surface area contributed by atoms with Crippen molar-refractivity contribution in [2.45, 2.75) is 83.2 Å². The molecule has 0 heterocycles. The Bertz CT molecular complexity index is 669. The summed E-state index contributed by atoms with van der Waals surface area (Å²) in [5, 5.41) is 15.6. The number of amides is 1. The lowest BCUT2D eigenvalue weighted by Crippen LogP contribution is -2.36. The van der Waals surface area contributed by atoms with Crippen LogP contribution in [0.25, 0.3) is 0 Å². The van der Waals surface area contributed by atoms with Gasteiger partial charge >= 0.3 is 0 Å². The molecule has 0 atom stereocenters. The van der Waals surface area contributed by atoms with Crippen molar-refractivity contribution < 1.29 is 4.79 Å². The normalized spacial score (nSPS) is 17.6. The number of nitrogens with one attached hydrogen (secondary N) is 2. The Morgan fingerprint density at radius 3 is 2.25 bits per heavy atom. The van der Waals surface area contributed by atoms with Crippen LogP contribution in [0.15, 0.2) is 40.5 Å². The lowest BCUT2D eigenvalue weighted by molar-refractivity contribution is -0.117. The van der Waals surface area contributed by atoms with Gasteiger partial charge in [0.1, 0.15) is 11.6 Å². The largest absolute Gasteiger partial charge is 0.386 e. The highest BCUT2D eigenvalue weighted by molar-refractivity contribution is 9.10. The maximum absolute atomic E-state index is 12.6. The molecular formula is C23H32BrN3O. The molecule has 1 aliphatic carbocycles. The van der Waals surface area contributed by atoms with E-state index in [0.29, 0.717) is 6.54 Å². The average Bonchev–Trinajstić information content (AvgIpc) is 2.67. The van der Waals surface area contributed by atoms with Crippen molar-refractivity contribution in [3.63, 3.8) is 0 Å². The zero-order valence-corrected chi connectivity index (χ0v) is 18.3. The van der Waals surface area contributed by atoms with Gasteiger partial charge in [0.2, 0.25) is 0 Å². The maximum atomic E-state index is 12.6. The fourth-order valence-electron chi connectivity index (χ4n) is 3.64. The van der Waals surface area contributed by atoms with Gasteiger partial charge in [-0.15, -0.1) is 0 Å². The van der Waals surface area contributed by atoms with E-state index < -0.39 is 0 Å². The quantitative estimate of drug-likeness (QED) is 0.448. The molecule has 4 nitrogen and oxygen atoms in total. The van der Waals surface area contributed by atoms with Crippen molar-refractivity contribution in [3.8, 4) is 6.07 Å². The van der Waals surface area contributed by atoms with E-state index in [-0.39, 0.29) is 17.5 Å². The van der Waals surface area contributed by atoms with Crippen LogP contribution in [0.5, 0.6) is 0 Å². The van der Waals surface area contributed by atoms with Gasteiger partial charge < -0.3 is 10.6 Å². The van der Waals surface area contributed by atoms with E-state index in [4.69, 9.17) is 0 Å². The molecule has 152 valence electrons. The lowest BCUT2D eigenvalue weighted by Gasteiger charge is -2.19. The molecular weight excluding hydrogens is 414 g/mol. The molecule has 5 heteroatoms. The van der Waals surface area contributed by atoms with E-state index in [2.05, 4.69) is 26.6 Å². The Morgan fingerprint density at radius 1 is 1.07 bits per heavy atom. The number of nitrogens with zero attached hydrogens (tertiary/aromatic N) is 1. The molecule has 0 aromatic heterocycles. The number of hydrogen-bond donors (Lipinski definition) is 2. The first-order chi connectivity index (χ1) is 13.7. The van der Waals surface area contributed by atoms with Gasteiger partial charge in [0.25, 0.3) is 5.91 Å². The Morgan fingerprint density at radius 2 is 1.68 bits per heavy atom. The number of benzene rings is 1. The molecule has 1 aliphatic rings. The highest BCUT2D eigenvalue weighted by Crippen LogP contribution is 2.17. The lowest BCUT2D eigenvalue weighted by atomic mass is 9.98. The van der Waals surface area contributed by atoms with Crippen LogP contribution in [-0.4, -0.2) is 11.9 Å². The van der Waals surface area contributed by atoms with E-state index in [9.17, 15) is 10.1 Å². The summed E-state index contributed by atoms with van der Waals surface area (Å²) in [4.78, 5) is 12.6. The third-order valence-electron chi connectivity index (χ3n) is 5.25. The number of nitriles is 1. The van der Waals surface area contributed by atoms with Gasteiger partial charge in [-0.25, -0.2) is 0 Å². The van der Waals surface area contributed by atoms with Crippen molar-refractivity contribution in [2.75, 3.05) is 0 Å². The zero-order chi connectivity index (χ0) is 20.0. The molecule has 2 N–H and O–H groups in total. The van der Waals surface area contributed by atoms with Gasteiger partial charge in [-0.1, -0.05) is 85.9 Å².